The molecule has 2 aromatic heterocycles. The highest BCUT2D eigenvalue weighted by Crippen LogP contribution is 2.25. The van der Waals surface area contributed by atoms with Crippen molar-refractivity contribution in [1.29, 1.82) is 0 Å². The molecule has 0 bridgehead atoms. The Morgan fingerprint density at radius 2 is 2.08 bits per heavy atom. The molecule has 1 aliphatic heterocycles. The maximum Gasteiger partial charge on any atom is 0.259 e. The maximum atomic E-state index is 12.8. The van der Waals surface area contributed by atoms with Crippen LogP contribution < -0.4 is 4.74 Å². The molecule has 0 aliphatic carbocycles. The molecule has 6 heteroatoms. The fourth-order valence-electron chi connectivity index (χ4n) is 3.02. The van der Waals surface area contributed by atoms with Gasteiger partial charge < -0.3 is 14.7 Å². The van der Waals surface area contributed by atoms with Crippen LogP contribution in [-0.2, 0) is 6.42 Å². The number of aliphatic hydroxyl groups excluding tert-OH is 1. The van der Waals surface area contributed by atoms with Gasteiger partial charge in [0, 0.05) is 37.6 Å². The molecule has 3 heterocycles. The highest BCUT2D eigenvalue weighted by atomic mass is 16.5. The number of aliphatic hydroxyl groups is 1. The number of carbonyl (C=O) groups is 1. The smallest absolute Gasteiger partial charge is 0.259 e. The summed E-state index contributed by atoms with van der Waals surface area (Å²) in [6.45, 7) is 3.15. The van der Waals surface area contributed by atoms with Crippen LogP contribution >= 0.6 is 0 Å². The molecule has 0 spiro atoms. The number of aromatic nitrogens is 2. The zero-order chi connectivity index (χ0) is 16.9. The molecule has 0 saturated carbocycles. The molecule has 0 radical (unpaired) electrons. The van der Waals surface area contributed by atoms with Crippen LogP contribution in [0.3, 0.4) is 0 Å². The van der Waals surface area contributed by atoms with Crippen molar-refractivity contribution in [3.8, 4) is 5.88 Å². The Morgan fingerprint density at radius 1 is 1.29 bits per heavy atom. The second-order valence-electron chi connectivity index (χ2n) is 5.89. The van der Waals surface area contributed by atoms with Crippen molar-refractivity contribution in [3.63, 3.8) is 0 Å². The van der Waals surface area contributed by atoms with E-state index in [4.69, 9.17) is 4.74 Å². The largest absolute Gasteiger partial charge is 0.477 e. The summed E-state index contributed by atoms with van der Waals surface area (Å²) >= 11 is 0. The third-order valence-corrected chi connectivity index (χ3v) is 4.22. The summed E-state index contributed by atoms with van der Waals surface area (Å²) in [5.74, 6) is 0.212. The van der Waals surface area contributed by atoms with Crippen LogP contribution in [0.5, 0.6) is 5.88 Å². The van der Waals surface area contributed by atoms with Gasteiger partial charge in [-0.05, 0) is 43.2 Å². The molecular weight excluding hydrogens is 306 g/mol. The number of amides is 1. The quantitative estimate of drug-likeness (QED) is 0.902. The van der Waals surface area contributed by atoms with Crippen molar-refractivity contribution in [2.24, 2.45) is 5.92 Å². The summed E-state index contributed by atoms with van der Waals surface area (Å²) in [6, 6.07) is 7.30. The predicted octanol–water partition coefficient (Wildman–Crippen LogP) is 1.55. The second kappa shape index (κ2) is 7.40. The number of nitrogens with zero attached hydrogens (tertiary/aromatic N) is 3. The molecule has 6 nitrogen and oxygen atoms in total. The van der Waals surface area contributed by atoms with Gasteiger partial charge in [-0.3, -0.25) is 9.78 Å². The molecule has 2 atom stereocenters. The molecule has 1 fully saturated rings. The zero-order valence-electron chi connectivity index (χ0n) is 13.6. The molecule has 1 aliphatic rings. The van der Waals surface area contributed by atoms with Crippen LogP contribution in [0.1, 0.15) is 22.8 Å². The van der Waals surface area contributed by atoms with Crippen LogP contribution in [0.4, 0.5) is 0 Å². The van der Waals surface area contributed by atoms with Gasteiger partial charge >= 0.3 is 0 Å². The molecule has 126 valence electrons. The van der Waals surface area contributed by atoms with Crippen LogP contribution in [0, 0.1) is 5.92 Å². The number of hydrogen-bond donors (Lipinski definition) is 1. The van der Waals surface area contributed by atoms with Crippen molar-refractivity contribution in [1.82, 2.24) is 14.9 Å². The highest BCUT2D eigenvalue weighted by Gasteiger charge is 2.35. The van der Waals surface area contributed by atoms with Crippen molar-refractivity contribution in [2.45, 2.75) is 19.4 Å². The van der Waals surface area contributed by atoms with Crippen LogP contribution in [0.25, 0.3) is 0 Å². The van der Waals surface area contributed by atoms with E-state index in [0.717, 1.165) is 12.0 Å². The number of hydrogen-bond acceptors (Lipinski definition) is 5. The van der Waals surface area contributed by atoms with E-state index in [0.29, 0.717) is 31.1 Å². The van der Waals surface area contributed by atoms with Gasteiger partial charge in [-0.15, -0.1) is 0 Å². The third-order valence-electron chi connectivity index (χ3n) is 4.22. The highest BCUT2D eigenvalue weighted by molar-refractivity contribution is 5.96. The van der Waals surface area contributed by atoms with Gasteiger partial charge in [0.25, 0.3) is 5.91 Å². The van der Waals surface area contributed by atoms with Crippen LogP contribution in [-0.4, -0.2) is 51.7 Å². The lowest BCUT2D eigenvalue weighted by atomic mass is 9.97. The van der Waals surface area contributed by atoms with Gasteiger partial charge in [0.05, 0.1) is 12.7 Å². The SMILES string of the molecule is CCOc1ncccc1C(=O)N1C[C@@H](Cc2ccncc2)[C@@H](O)C1. The van der Waals surface area contributed by atoms with E-state index in [2.05, 4.69) is 9.97 Å². The number of pyridine rings is 2. The van der Waals surface area contributed by atoms with E-state index >= 15 is 0 Å². The predicted molar refractivity (Wildman–Crippen MR) is 88.7 cm³/mol. The number of carbonyl (C=O) groups excluding carboxylic acids is 1. The standard InChI is InChI=1S/C18H21N3O3/c1-2-24-17-15(4-3-7-20-17)18(23)21-11-14(16(22)12-21)10-13-5-8-19-9-6-13/h3-9,14,16,22H,2,10-12H2,1H3/t14-,16+/m1/s1. The van der Waals surface area contributed by atoms with E-state index < -0.39 is 6.10 Å². The maximum absolute atomic E-state index is 12.8. The van der Waals surface area contributed by atoms with Crippen LogP contribution in [0.2, 0.25) is 0 Å². The summed E-state index contributed by atoms with van der Waals surface area (Å²) in [6.07, 6.45) is 5.27. The van der Waals surface area contributed by atoms with Crippen molar-refractivity contribution < 1.29 is 14.6 Å². The van der Waals surface area contributed by atoms with Gasteiger partial charge in [0.2, 0.25) is 5.88 Å². The number of β-amino-alcohol motifs (C(OH)–C–C–N with tert-alkyl or cyclic N) is 1. The Bertz CT molecular complexity index is 693. The van der Waals surface area contributed by atoms with Gasteiger partial charge in [-0.2, -0.15) is 0 Å². The first-order valence-corrected chi connectivity index (χ1v) is 8.13. The lowest BCUT2D eigenvalue weighted by Gasteiger charge is -2.17. The van der Waals surface area contributed by atoms with Crippen LogP contribution in [0.15, 0.2) is 42.9 Å². The monoisotopic (exact) mass is 327 g/mol. The minimum Gasteiger partial charge on any atom is -0.477 e. The molecular formula is C18H21N3O3. The fraction of sp³-hybridized carbons (Fsp3) is 0.389. The summed E-state index contributed by atoms with van der Waals surface area (Å²) in [5, 5.41) is 10.3. The summed E-state index contributed by atoms with van der Waals surface area (Å²) in [7, 11) is 0. The Labute approximate surface area is 141 Å². The van der Waals surface area contributed by atoms with E-state index in [9.17, 15) is 9.90 Å². The first-order chi connectivity index (χ1) is 11.7. The molecule has 0 aromatic carbocycles. The third kappa shape index (κ3) is 3.54. The first kappa shape index (κ1) is 16.4. The minimum atomic E-state index is -0.533. The molecule has 3 rings (SSSR count). The van der Waals surface area contributed by atoms with E-state index in [-0.39, 0.29) is 11.8 Å². The fourth-order valence-corrected chi connectivity index (χ4v) is 3.02. The van der Waals surface area contributed by atoms with Gasteiger partial charge in [-0.1, -0.05) is 0 Å². The summed E-state index contributed by atoms with van der Waals surface area (Å²) < 4.78 is 5.44. The van der Waals surface area contributed by atoms with Gasteiger partial charge in [0.1, 0.15) is 5.56 Å². The molecule has 1 saturated heterocycles. The summed E-state index contributed by atoms with van der Waals surface area (Å²) in [5.41, 5.74) is 1.55. The molecule has 24 heavy (non-hydrogen) atoms. The van der Waals surface area contributed by atoms with E-state index in [1.54, 1.807) is 35.6 Å². The topological polar surface area (TPSA) is 75.5 Å². The number of likely N-dealkylation sites (tertiary alicyclic amines) is 1. The van der Waals surface area contributed by atoms with E-state index in [1.807, 2.05) is 19.1 Å². The molecule has 2 aromatic rings. The van der Waals surface area contributed by atoms with Crippen molar-refractivity contribution >= 4 is 5.91 Å². The van der Waals surface area contributed by atoms with Crippen molar-refractivity contribution in [2.75, 3.05) is 19.7 Å². The Hall–Kier alpha value is -2.47. The lowest BCUT2D eigenvalue weighted by molar-refractivity contribution is 0.0759. The zero-order valence-corrected chi connectivity index (χ0v) is 13.6. The Kier molecular flexibility index (Phi) is 5.05. The Morgan fingerprint density at radius 3 is 2.83 bits per heavy atom. The van der Waals surface area contributed by atoms with E-state index in [1.165, 1.54) is 0 Å². The average Bonchev–Trinajstić information content (AvgIpc) is 2.97. The number of rotatable bonds is 5. The number of ether oxygens (including phenoxy) is 1. The summed E-state index contributed by atoms with van der Waals surface area (Å²) in [4.78, 5) is 22.6. The average molecular weight is 327 g/mol. The first-order valence-electron chi connectivity index (χ1n) is 8.13. The van der Waals surface area contributed by atoms with Crippen molar-refractivity contribution in [3.05, 3.63) is 54.0 Å². The normalized spacial score (nSPS) is 20.2. The Balaban J connectivity index is 1.71. The minimum absolute atomic E-state index is 0.0172. The second-order valence-corrected chi connectivity index (χ2v) is 5.89. The lowest BCUT2D eigenvalue weighted by Crippen LogP contribution is -2.30. The van der Waals surface area contributed by atoms with Gasteiger partial charge in [-0.25, -0.2) is 4.98 Å². The van der Waals surface area contributed by atoms with Gasteiger partial charge in [0.15, 0.2) is 0 Å². The molecule has 0 unspecified atom stereocenters. The molecule has 1 N–H and O–H groups in total. The molecule has 1 amide bonds.